The lowest BCUT2D eigenvalue weighted by Crippen LogP contribution is -2.39. The normalized spacial score (nSPS) is 18.8. The Bertz CT molecular complexity index is 996. The van der Waals surface area contributed by atoms with Gasteiger partial charge in [0.2, 0.25) is 5.91 Å². The average Bonchev–Trinajstić information content (AvgIpc) is 3.34. The highest BCUT2D eigenvalue weighted by atomic mass is 16.4. The highest BCUT2D eigenvalue weighted by molar-refractivity contribution is 5.83. The van der Waals surface area contributed by atoms with E-state index in [-0.39, 0.29) is 11.8 Å². The largest absolute Gasteiger partial charge is 0.445 e. The van der Waals surface area contributed by atoms with Gasteiger partial charge in [0.1, 0.15) is 11.5 Å². The van der Waals surface area contributed by atoms with Gasteiger partial charge in [-0.2, -0.15) is 0 Å². The molecule has 5 rings (SSSR count). The molecule has 4 heterocycles. The number of nitrogens with zero attached hydrogens (tertiary/aromatic N) is 6. The number of benzene rings is 1. The molecule has 0 fully saturated rings. The first-order chi connectivity index (χ1) is 14.3. The second-order valence-electron chi connectivity index (χ2n) is 7.78. The number of aryl methyl sites for hydroxylation is 3. The van der Waals surface area contributed by atoms with Crippen molar-refractivity contribution >= 4 is 5.91 Å². The summed E-state index contributed by atoms with van der Waals surface area (Å²) >= 11 is 0. The predicted molar refractivity (Wildman–Crippen MR) is 104 cm³/mol. The summed E-state index contributed by atoms with van der Waals surface area (Å²) in [5, 5.41) is 11.9. The Morgan fingerprint density at radius 1 is 1.14 bits per heavy atom. The molecule has 2 aliphatic heterocycles. The molecule has 0 bridgehead atoms. The highest BCUT2D eigenvalue weighted by Gasteiger charge is 2.34. The predicted octanol–water partition coefficient (Wildman–Crippen LogP) is 2.30. The lowest BCUT2D eigenvalue weighted by Gasteiger charge is -2.28. The molecule has 8 nitrogen and oxygen atoms in total. The first-order valence-electron chi connectivity index (χ1n) is 10.3. The monoisotopic (exact) mass is 392 g/mol. The zero-order chi connectivity index (χ0) is 19.6. The Labute approximate surface area is 168 Å². The van der Waals surface area contributed by atoms with Crippen LogP contribution >= 0.6 is 0 Å². The zero-order valence-corrected chi connectivity index (χ0v) is 16.3. The van der Waals surface area contributed by atoms with Crippen LogP contribution in [0.5, 0.6) is 0 Å². The summed E-state index contributed by atoms with van der Waals surface area (Å²) < 4.78 is 7.76. The van der Waals surface area contributed by atoms with Crippen LogP contribution < -0.4 is 0 Å². The van der Waals surface area contributed by atoms with E-state index in [2.05, 4.69) is 27.7 Å². The lowest BCUT2D eigenvalue weighted by atomic mass is 9.99. The molecule has 0 aliphatic carbocycles. The van der Waals surface area contributed by atoms with Crippen molar-refractivity contribution < 1.29 is 9.21 Å². The Kier molecular flexibility index (Phi) is 4.83. The molecule has 0 saturated carbocycles. The Hall–Kier alpha value is -3.03. The maximum atomic E-state index is 13.3. The van der Waals surface area contributed by atoms with Crippen molar-refractivity contribution in [1.29, 1.82) is 0 Å². The van der Waals surface area contributed by atoms with E-state index in [1.807, 2.05) is 23.1 Å². The number of amides is 1. The molecule has 1 atom stereocenters. The van der Waals surface area contributed by atoms with Gasteiger partial charge in [0.25, 0.3) is 0 Å². The van der Waals surface area contributed by atoms with Gasteiger partial charge in [0.05, 0.1) is 12.5 Å². The number of aromatic nitrogens is 5. The van der Waals surface area contributed by atoms with Gasteiger partial charge in [0, 0.05) is 25.9 Å². The molecule has 0 radical (unpaired) electrons. The lowest BCUT2D eigenvalue weighted by molar-refractivity contribution is -0.134. The van der Waals surface area contributed by atoms with Gasteiger partial charge in [-0.05, 0) is 35.3 Å². The maximum Gasteiger partial charge on any atom is 0.233 e. The summed E-state index contributed by atoms with van der Waals surface area (Å²) in [6.45, 7) is 1.93. The first-order valence-corrected chi connectivity index (χ1v) is 10.3. The third-order valence-corrected chi connectivity index (χ3v) is 5.84. The van der Waals surface area contributed by atoms with Crippen molar-refractivity contribution in [2.45, 2.75) is 57.5 Å². The molecule has 8 heteroatoms. The van der Waals surface area contributed by atoms with Gasteiger partial charge >= 0.3 is 0 Å². The fourth-order valence-corrected chi connectivity index (χ4v) is 4.26. The molecule has 1 aromatic carbocycles. The van der Waals surface area contributed by atoms with E-state index in [1.54, 1.807) is 4.68 Å². The van der Waals surface area contributed by atoms with Crippen molar-refractivity contribution in [2.75, 3.05) is 6.54 Å². The van der Waals surface area contributed by atoms with Crippen molar-refractivity contribution in [2.24, 2.45) is 0 Å². The number of tetrazole rings is 1. The SMILES string of the molecule is O=C(C1CCCCn2nnnc21)N1CCc2oc(CCc3ccccc3)nc2C1. The standard InChI is InChI=1S/C21H24N6O2/c28-21(16-8-4-5-12-27-20(16)23-24-25-27)26-13-11-18-17(14-26)22-19(29-18)10-9-15-6-2-1-3-7-15/h1-3,6-7,16H,4-5,8-14H2. The topological polar surface area (TPSA) is 89.9 Å². The molecule has 2 aliphatic rings. The van der Waals surface area contributed by atoms with Crippen LogP contribution in [0.2, 0.25) is 0 Å². The van der Waals surface area contributed by atoms with Crippen molar-refractivity contribution in [1.82, 2.24) is 30.1 Å². The molecule has 1 unspecified atom stereocenters. The number of fused-ring (bicyclic) bond motifs is 2. The van der Waals surface area contributed by atoms with E-state index in [9.17, 15) is 4.79 Å². The van der Waals surface area contributed by atoms with E-state index in [0.717, 1.165) is 56.0 Å². The van der Waals surface area contributed by atoms with Crippen molar-refractivity contribution in [3.8, 4) is 0 Å². The fraction of sp³-hybridized carbons (Fsp3) is 0.476. The maximum absolute atomic E-state index is 13.3. The summed E-state index contributed by atoms with van der Waals surface area (Å²) in [6, 6.07) is 10.3. The van der Waals surface area contributed by atoms with E-state index >= 15 is 0 Å². The summed E-state index contributed by atoms with van der Waals surface area (Å²) in [4.78, 5) is 19.8. The molecular weight excluding hydrogens is 368 g/mol. The van der Waals surface area contributed by atoms with Crippen molar-refractivity contribution in [3.63, 3.8) is 0 Å². The van der Waals surface area contributed by atoms with Crippen molar-refractivity contribution in [3.05, 3.63) is 59.1 Å². The van der Waals surface area contributed by atoms with Gasteiger partial charge in [-0.1, -0.05) is 36.8 Å². The summed E-state index contributed by atoms with van der Waals surface area (Å²) in [5.41, 5.74) is 2.16. The second-order valence-corrected chi connectivity index (χ2v) is 7.78. The highest BCUT2D eigenvalue weighted by Crippen LogP contribution is 2.29. The molecule has 3 aromatic rings. The van der Waals surface area contributed by atoms with Gasteiger partial charge in [-0.3, -0.25) is 4.79 Å². The van der Waals surface area contributed by atoms with Crippen LogP contribution in [0, 0.1) is 0 Å². The van der Waals surface area contributed by atoms with Crippen LogP contribution in [0.4, 0.5) is 0 Å². The molecule has 0 saturated heterocycles. The number of carbonyl (C=O) groups excluding carboxylic acids is 1. The minimum Gasteiger partial charge on any atom is -0.445 e. The van der Waals surface area contributed by atoms with Crippen LogP contribution in [0.3, 0.4) is 0 Å². The third kappa shape index (κ3) is 3.66. The molecular formula is C21H24N6O2. The number of oxazole rings is 1. The Morgan fingerprint density at radius 3 is 2.93 bits per heavy atom. The first kappa shape index (κ1) is 18.0. The number of rotatable bonds is 4. The molecule has 29 heavy (non-hydrogen) atoms. The summed E-state index contributed by atoms with van der Waals surface area (Å²) in [5.74, 6) is 2.21. The number of hydrogen-bond acceptors (Lipinski definition) is 6. The van der Waals surface area contributed by atoms with Crippen LogP contribution in [-0.4, -0.2) is 42.5 Å². The van der Waals surface area contributed by atoms with Crippen LogP contribution in [0.15, 0.2) is 34.7 Å². The fourth-order valence-electron chi connectivity index (χ4n) is 4.26. The molecule has 1 amide bonds. The summed E-state index contributed by atoms with van der Waals surface area (Å²) in [6.07, 6.45) is 5.16. The number of hydrogen-bond donors (Lipinski definition) is 0. The Morgan fingerprint density at radius 2 is 2.03 bits per heavy atom. The molecule has 150 valence electrons. The molecule has 2 aromatic heterocycles. The average molecular weight is 392 g/mol. The molecule has 0 N–H and O–H groups in total. The van der Waals surface area contributed by atoms with Crippen LogP contribution in [0.25, 0.3) is 0 Å². The van der Waals surface area contributed by atoms with Gasteiger partial charge < -0.3 is 9.32 Å². The summed E-state index contributed by atoms with van der Waals surface area (Å²) in [7, 11) is 0. The van der Waals surface area contributed by atoms with Gasteiger partial charge in [-0.25, -0.2) is 9.67 Å². The van der Waals surface area contributed by atoms with Gasteiger partial charge in [0.15, 0.2) is 11.7 Å². The van der Waals surface area contributed by atoms with E-state index < -0.39 is 0 Å². The van der Waals surface area contributed by atoms with Crippen LogP contribution in [0.1, 0.15) is 53.9 Å². The van der Waals surface area contributed by atoms with E-state index in [0.29, 0.717) is 25.3 Å². The van der Waals surface area contributed by atoms with Gasteiger partial charge in [-0.15, -0.1) is 5.10 Å². The van der Waals surface area contributed by atoms with E-state index in [1.165, 1.54) is 5.56 Å². The second kappa shape index (κ2) is 7.77. The minimum atomic E-state index is -0.265. The minimum absolute atomic E-state index is 0.0995. The van der Waals surface area contributed by atoms with E-state index in [4.69, 9.17) is 9.40 Å². The number of carbonyl (C=O) groups is 1. The zero-order valence-electron chi connectivity index (χ0n) is 16.3. The Balaban J connectivity index is 1.27. The van der Waals surface area contributed by atoms with Crippen LogP contribution in [-0.2, 0) is 37.1 Å². The smallest absolute Gasteiger partial charge is 0.233 e. The molecule has 0 spiro atoms. The third-order valence-electron chi connectivity index (χ3n) is 5.84. The quantitative estimate of drug-likeness (QED) is 0.677.